The first-order valence-corrected chi connectivity index (χ1v) is 5.20. The maximum atomic E-state index is 12.1. The Labute approximate surface area is 84.4 Å². The van der Waals surface area contributed by atoms with Crippen molar-refractivity contribution in [1.29, 1.82) is 0 Å². The molecule has 13 heavy (non-hydrogen) atoms. The lowest BCUT2D eigenvalue weighted by atomic mass is 10.3. The van der Waals surface area contributed by atoms with E-state index in [1.807, 2.05) is 0 Å². The molecule has 0 radical (unpaired) electrons. The van der Waals surface area contributed by atoms with Gasteiger partial charge in [-0.2, -0.15) is 13.2 Å². The Morgan fingerprint density at radius 3 is 2.38 bits per heavy atom. The van der Waals surface area contributed by atoms with Gasteiger partial charge in [-0.1, -0.05) is 15.9 Å². The first-order valence-electron chi connectivity index (χ1n) is 4.29. The minimum atomic E-state index is -4.13. The zero-order valence-corrected chi connectivity index (χ0v) is 9.03. The Hall–Kier alpha value is 0.230. The van der Waals surface area contributed by atoms with Gasteiger partial charge < -0.3 is 4.90 Å². The molecule has 0 heterocycles. The Bertz CT molecular complexity index is 167. The maximum Gasteiger partial charge on any atom is 0.402 e. The fourth-order valence-corrected chi connectivity index (χ4v) is 1.69. The van der Waals surface area contributed by atoms with Gasteiger partial charge in [-0.15, -0.1) is 0 Å². The molecule has 1 aliphatic carbocycles. The molecule has 1 aliphatic rings. The van der Waals surface area contributed by atoms with Crippen molar-refractivity contribution >= 4 is 15.9 Å². The van der Waals surface area contributed by atoms with Crippen LogP contribution >= 0.6 is 15.9 Å². The molecule has 5 heteroatoms. The molecule has 0 aromatic carbocycles. The van der Waals surface area contributed by atoms with Crippen LogP contribution < -0.4 is 0 Å². The number of halogens is 4. The van der Waals surface area contributed by atoms with Gasteiger partial charge >= 0.3 is 6.18 Å². The topological polar surface area (TPSA) is 3.24 Å². The van der Waals surface area contributed by atoms with E-state index in [-0.39, 0.29) is 6.54 Å². The molecular weight excluding hydrogens is 247 g/mol. The van der Waals surface area contributed by atoms with E-state index in [4.69, 9.17) is 0 Å². The first-order chi connectivity index (χ1) is 5.89. The summed E-state index contributed by atoms with van der Waals surface area (Å²) >= 11 is 2.64. The normalized spacial score (nSPS) is 20.8. The lowest BCUT2D eigenvalue weighted by Crippen LogP contribution is -2.36. The fourth-order valence-electron chi connectivity index (χ4n) is 1.19. The second kappa shape index (κ2) is 4.17. The van der Waals surface area contributed by atoms with Gasteiger partial charge in [-0.05, 0) is 25.8 Å². The van der Waals surface area contributed by atoms with Crippen LogP contribution in [0.25, 0.3) is 0 Å². The standard InChI is InChI=1S/C8H13BrF3N/c1-13(4-6-2-3-6)5-7(9)8(10,11)12/h6-7H,2-5H2,1H3. The van der Waals surface area contributed by atoms with Gasteiger partial charge in [0.1, 0.15) is 4.83 Å². The predicted octanol–water partition coefficient (Wildman–Crippen LogP) is 2.65. The van der Waals surface area contributed by atoms with Crippen molar-refractivity contribution in [3.05, 3.63) is 0 Å². The van der Waals surface area contributed by atoms with Gasteiger partial charge in [0.2, 0.25) is 0 Å². The molecule has 0 amide bonds. The average Bonchev–Trinajstić information content (AvgIpc) is 2.68. The Kier molecular flexibility index (Phi) is 3.63. The van der Waals surface area contributed by atoms with Gasteiger partial charge in [0.05, 0.1) is 0 Å². The molecule has 0 aromatic heterocycles. The van der Waals surface area contributed by atoms with Gasteiger partial charge in [0, 0.05) is 13.1 Å². The van der Waals surface area contributed by atoms with Crippen LogP contribution in [0.5, 0.6) is 0 Å². The third-order valence-corrected chi connectivity index (χ3v) is 2.90. The van der Waals surface area contributed by atoms with Crippen LogP contribution in [0.4, 0.5) is 13.2 Å². The predicted molar refractivity (Wildman–Crippen MR) is 49.0 cm³/mol. The molecule has 0 saturated heterocycles. The highest BCUT2D eigenvalue weighted by molar-refractivity contribution is 9.09. The van der Waals surface area contributed by atoms with E-state index < -0.39 is 11.0 Å². The monoisotopic (exact) mass is 259 g/mol. The second-order valence-electron chi connectivity index (χ2n) is 3.67. The average molecular weight is 260 g/mol. The zero-order valence-electron chi connectivity index (χ0n) is 7.44. The number of nitrogens with zero attached hydrogens (tertiary/aromatic N) is 1. The number of hydrogen-bond acceptors (Lipinski definition) is 1. The van der Waals surface area contributed by atoms with Gasteiger partial charge in [-0.25, -0.2) is 0 Å². The van der Waals surface area contributed by atoms with Gasteiger partial charge in [0.15, 0.2) is 0 Å². The lowest BCUT2D eigenvalue weighted by Gasteiger charge is -2.21. The Morgan fingerprint density at radius 2 is 2.00 bits per heavy atom. The van der Waals surface area contributed by atoms with Crippen LogP contribution in [0.3, 0.4) is 0 Å². The summed E-state index contributed by atoms with van der Waals surface area (Å²) in [6, 6.07) is 0. The highest BCUT2D eigenvalue weighted by atomic mass is 79.9. The quantitative estimate of drug-likeness (QED) is 0.702. The van der Waals surface area contributed by atoms with Crippen molar-refractivity contribution in [3.63, 3.8) is 0 Å². The van der Waals surface area contributed by atoms with Crippen LogP contribution in [0.2, 0.25) is 0 Å². The summed E-state index contributed by atoms with van der Waals surface area (Å²) in [5.41, 5.74) is 0. The fraction of sp³-hybridized carbons (Fsp3) is 1.00. The van der Waals surface area contributed by atoms with Gasteiger partial charge in [0.25, 0.3) is 0 Å². The van der Waals surface area contributed by atoms with E-state index >= 15 is 0 Å². The molecule has 1 rings (SSSR count). The summed E-state index contributed by atoms with van der Waals surface area (Å²) in [6.07, 6.45) is -1.79. The molecule has 0 N–H and O–H groups in total. The van der Waals surface area contributed by atoms with E-state index in [0.29, 0.717) is 5.92 Å². The van der Waals surface area contributed by atoms with Crippen LogP contribution in [-0.4, -0.2) is 36.0 Å². The van der Waals surface area contributed by atoms with E-state index in [1.54, 1.807) is 11.9 Å². The molecule has 1 saturated carbocycles. The molecule has 1 fully saturated rings. The molecule has 1 nitrogen and oxygen atoms in total. The van der Waals surface area contributed by atoms with Crippen LogP contribution in [-0.2, 0) is 0 Å². The summed E-state index contributed by atoms with van der Waals surface area (Å²) in [7, 11) is 1.73. The first kappa shape index (κ1) is 11.3. The number of alkyl halides is 4. The number of rotatable bonds is 4. The van der Waals surface area contributed by atoms with E-state index in [2.05, 4.69) is 15.9 Å². The Balaban J connectivity index is 2.21. The maximum absolute atomic E-state index is 12.1. The molecule has 1 unspecified atom stereocenters. The van der Waals surface area contributed by atoms with E-state index in [9.17, 15) is 13.2 Å². The minimum Gasteiger partial charge on any atom is -0.305 e. The molecular formula is C8H13BrF3N. The third kappa shape index (κ3) is 4.31. The second-order valence-corrected chi connectivity index (χ2v) is 4.78. The van der Waals surface area contributed by atoms with Crippen molar-refractivity contribution in [1.82, 2.24) is 4.90 Å². The van der Waals surface area contributed by atoms with E-state index in [0.717, 1.165) is 6.54 Å². The summed E-state index contributed by atoms with van der Waals surface area (Å²) in [4.78, 5) is 0.341. The van der Waals surface area contributed by atoms with Crippen LogP contribution in [0.15, 0.2) is 0 Å². The lowest BCUT2D eigenvalue weighted by molar-refractivity contribution is -0.130. The minimum absolute atomic E-state index is 0.0417. The zero-order chi connectivity index (χ0) is 10.1. The Morgan fingerprint density at radius 1 is 1.46 bits per heavy atom. The van der Waals surface area contributed by atoms with Crippen molar-refractivity contribution in [3.8, 4) is 0 Å². The smallest absolute Gasteiger partial charge is 0.305 e. The SMILES string of the molecule is CN(CC1CC1)CC(Br)C(F)(F)F. The molecule has 78 valence electrons. The summed E-state index contributed by atoms with van der Waals surface area (Å²) in [5.74, 6) is 0.637. The highest BCUT2D eigenvalue weighted by Crippen LogP contribution is 2.31. The molecule has 0 bridgehead atoms. The molecule has 0 spiro atoms. The van der Waals surface area contributed by atoms with Crippen molar-refractivity contribution in [2.24, 2.45) is 5.92 Å². The largest absolute Gasteiger partial charge is 0.402 e. The summed E-state index contributed by atoms with van der Waals surface area (Å²) < 4.78 is 36.3. The summed E-state index contributed by atoms with van der Waals surface area (Å²) in [5, 5.41) is 0. The molecule has 1 atom stereocenters. The van der Waals surface area contributed by atoms with Crippen LogP contribution in [0.1, 0.15) is 12.8 Å². The van der Waals surface area contributed by atoms with Gasteiger partial charge in [-0.3, -0.25) is 0 Å². The summed E-state index contributed by atoms with van der Waals surface area (Å²) in [6.45, 7) is 0.832. The number of hydrogen-bond donors (Lipinski definition) is 0. The van der Waals surface area contributed by atoms with E-state index in [1.165, 1.54) is 12.8 Å². The third-order valence-electron chi connectivity index (χ3n) is 2.09. The van der Waals surface area contributed by atoms with Crippen molar-refractivity contribution in [2.75, 3.05) is 20.1 Å². The van der Waals surface area contributed by atoms with Crippen molar-refractivity contribution < 1.29 is 13.2 Å². The molecule has 0 aliphatic heterocycles. The molecule has 0 aromatic rings. The van der Waals surface area contributed by atoms with Crippen LogP contribution in [0, 0.1) is 5.92 Å². The highest BCUT2D eigenvalue weighted by Gasteiger charge is 2.38. The van der Waals surface area contributed by atoms with Crippen molar-refractivity contribution in [2.45, 2.75) is 23.8 Å².